The van der Waals surface area contributed by atoms with Crippen molar-refractivity contribution in [2.45, 2.75) is 13.3 Å². The molecule has 4 rings (SSSR count). The molecule has 9 nitrogen and oxygen atoms in total. The van der Waals surface area contributed by atoms with Crippen LogP contribution in [0.4, 0.5) is 5.13 Å². The molecule has 2 heterocycles. The van der Waals surface area contributed by atoms with Crippen LogP contribution in [0.3, 0.4) is 0 Å². The molecule has 2 aromatic heterocycles. The quantitative estimate of drug-likeness (QED) is 0.370. The second-order valence-electron chi connectivity index (χ2n) is 7.14. The van der Waals surface area contributed by atoms with Gasteiger partial charge in [0.15, 0.2) is 0 Å². The van der Waals surface area contributed by atoms with Crippen molar-refractivity contribution in [1.29, 1.82) is 0 Å². The second-order valence-corrected chi connectivity index (χ2v) is 8.60. The third-order valence-corrected chi connectivity index (χ3v) is 6.09. The fourth-order valence-corrected chi connectivity index (χ4v) is 4.15. The van der Waals surface area contributed by atoms with E-state index in [1.165, 1.54) is 11.3 Å². The van der Waals surface area contributed by atoms with Crippen LogP contribution in [0.25, 0.3) is 11.3 Å². The van der Waals surface area contributed by atoms with E-state index < -0.39 is 5.91 Å². The lowest BCUT2D eigenvalue weighted by atomic mass is 10.1. The van der Waals surface area contributed by atoms with Gasteiger partial charge in [0.1, 0.15) is 27.8 Å². The SMILES string of the molecule is COc1cccc(C(=O)NCCc2nnc(NC(=O)c3c(-c4ccccc4Cl)noc3C)s2)c1. The van der Waals surface area contributed by atoms with Gasteiger partial charge in [-0.1, -0.05) is 52.4 Å². The van der Waals surface area contributed by atoms with E-state index in [-0.39, 0.29) is 11.5 Å². The Labute approximate surface area is 204 Å². The van der Waals surface area contributed by atoms with E-state index in [2.05, 4.69) is 26.0 Å². The van der Waals surface area contributed by atoms with Gasteiger partial charge in [-0.15, -0.1) is 10.2 Å². The van der Waals surface area contributed by atoms with Crippen molar-refractivity contribution in [2.75, 3.05) is 19.0 Å². The molecule has 0 bridgehead atoms. The van der Waals surface area contributed by atoms with Crippen LogP contribution in [0.15, 0.2) is 53.1 Å². The molecule has 11 heteroatoms. The number of amides is 2. The first kappa shape index (κ1) is 23.4. The van der Waals surface area contributed by atoms with Crippen LogP contribution in [0.1, 0.15) is 31.5 Å². The van der Waals surface area contributed by atoms with Gasteiger partial charge in [-0.3, -0.25) is 14.9 Å². The predicted octanol–water partition coefficient (Wildman–Crippen LogP) is 4.39. The Morgan fingerprint density at radius 2 is 1.94 bits per heavy atom. The Morgan fingerprint density at radius 1 is 1.12 bits per heavy atom. The highest BCUT2D eigenvalue weighted by molar-refractivity contribution is 7.15. The van der Waals surface area contributed by atoms with Crippen LogP contribution in [0.5, 0.6) is 5.75 Å². The summed E-state index contributed by atoms with van der Waals surface area (Å²) in [6, 6.07) is 14.0. The largest absolute Gasteiger partial charge is 0.497 e. The number of ether oxygens (including phenoxy) is 1. The van der Waals surface area contributed by atoms with Crippen molar-refractivity contribution in [2.24, 2.45) is 0 Å². The summed E-state index contributed by atoms with van der Waals surface area (Å²) < 4.78 is 10.4. The van der Waals surface area contributed by atoms with Crippen LogP contribution in [0, 0.1) is 6.92 Å². The van der Waals surface area contributed by atoms with Crippen LogP contribution < -0.4 is 15.4 Å². The van der Waals surface area contributed by atoms with Gasteiger partial charge in [-0.05, 0) is 31.2 Å². The summed E-state index contributed by atoms with van der Waals surface area (Å²) >= 11 is 7.48. The molecule has 2 N–H and O–H groups in total. The fourth-order valence-electron chi connectivity index (χ4n) is 3.19. The molecular formula is C23H20ClN5O4S. The number of nitrogens with zero attached hydrogens (tertiary/aromatic N) is 3. The van der Waals surface area contributed by atoms with Gasteiger partial charge in [0.2, 0.25) is 5.13 Å². The Kier molecular flexibility index (Phi) is 7.19. The average Bonchev–Trinajstić information content (AvgIpc) is 3.45. The van der Waals surface area contributed by atoms with E-state index in [9.17, 15) is 9.59 Å². The number of aryl methyl sites for hydroxylation is 1. The Balaban J connectivity index is 1.37. The van der Waals surface area contributed by atoms with E-state index in [1.54, 1.807) is 62.6 Å². The summed E-state index contributed by atoms with van der Waals surface area (Å²) in [5.74, 6) is 0.324. The molecule has 34 heavy (non-hydrogen) atoms. The van der Waals surface area contributed by atoms with Crippen molar-refractivity contribution in [3.05, 3.63) is 75.4 Å². The summed E-state index contributed by atoms with van der Waals surface area (Å²) in [5.41, 5.74) is 1.72. The minimum absolute atomic E-state index is 0.216. The molecule has 0 atom stereocenters. The smallest absolute Gasteiger partial charge is 0.263 e. The highest BCUT2D eigenvalue weighted by Crippen LogP contribution is 2.31. The van der Waals surface area contributed by atoms with Crippen LogP contribution in [-0.4, -0.2) is 40.8 Å². The molecule has 4 aromatic rings. The second kappa shape index (κ2) is 10.4. The number of hydrogen-bond donors (Lipinski definition) is 2. The summed E-state index contributed by atoms with van der Waals surface area (Å²) in [4.78, 5) is 25.3. The topological polar surface area (TPSA) is 119 Å². The van der Waals surface area contributed by atoms with E-state index in [0.29, 0.717) is 56.5 Å². The number of carbonyl (C=O) groups excluding carboxylic acids is 2. The van der Waals surface area contributed by atoms with Crippen LogP contribution >= 0.6 is 22.9 Å². The van der Waals surface area contributed by atoms with E-state index in [0.717, 1.165) is 0 Å². The molecule has 0 saturated heterocycles. The number of hydrogen-bond acceptors (Lipinski definition) is 8. The zero-order valence-electron chi connectivity index (χ0n) is 18.3. The molecular weight excluding hydrogens is 478 g/mol. The third-order valence-electron chi connectivity index (χ3n) is 4.86. The number of benzene rings is 2. The minimum Gasteiger partial charge on any atom is -0.497 e. The molecule has 0 aliphatic heterocycles. The number of methoxy groups -OCH3 is 1. The molecule has 0 radical (unpaired) electrons. The Hall–Kier alpha value is -3.76. The zero-order valence-corrected chi connectivity index (χ0v) is 19.9. The summed E-state index contributed by atoms with van der Waals surface area (Å²) in [6.45, 7) is 2.01. The van der Waals surface area contributed by atoms with E-state index >= 15 is 0 Å². The average molecular weight is 498 g/mol. The van der Waals surface area contributed by atoms with Crippen molar-refractivity contribution in [3.63, 3.8) is 0 Å². The summed E-state index contributed by atoms with van der Waals surface area (Å²) in [5, 5.41) is 19.1. The Morgan fingerprint density at radius 3 is 2.74 bits per heavy atom. The molecule has 0 saturated carbocycles. The predicted molar refractivity (Wildman–Crippen MR) is 129 cm³/mol. The zero-order chi connectivity index (χ0) is 24.1. The lowest BCUT2D eigenvalue weighted by Crippen LogP contribution is -2.25. The third kappa shape index (κ3) is 5.24. The Bertz CT molecular complexity index is 1340. The van der Waals surface area contributed by atoms with Crippen molar-refractivity contribution < 1.29 is 18.8 Å². The fraction of sp³-hybridized carbons (Fsp3) is 0.174. The van der Waals surface area contributed by atoms with Crippen molar-refractivity contribution in [1.82, 2.24) is 20.7 Å². The number of halogens is 1. The van der Waals surface area contributed by atoms with Crippen molar-refractivity contribution >= 4 is 39.9 Å². The van der Waals surface area contributed by atoms with Gasteiger partial charge in [-0.25, -0.2) is 0 Å². The molecule has 174 valence electrons. The first-order valence-electron chi connectivity index (χ1n) is 10.2. The molecule has 0 aliphatic carbocycles. The highest BCUT2D eigenvalue weighted by Gasteiger charge is 2.24. The maximum atomic E-state index is 12.9. The van der Waals surface area contributed by atoms with Gasteiger partial charge >= 0.3 is 0 Å². The van der Waals surface area contributed by atoms with Gasteiger partial charge in [0.05, 0.1) is 12.1 Å². The number of carbonyl (C=O) groups is 2. The summed E-state index contributed by atoms with van der Waals surface area (Å²) in [7, 11) is 1.55. The number of aromatic nitrogens is 3. The lowest BCUT2D eigenvalue weighted by molar-refractivity contribution is 0.0952. The number of nitrogens with one attached hydrogen (secondary N) is 2. The monoisotopic (exact) mass is 497 g/mol. The van der Waals surface area contributed by atoms with Crippen LogP contribution in [-0.2, 0) is 6.42 Å². The highest BCUT2D eigenvalue weighted by atomic mass is 35.5. The lowest BCUT2D eigenvalue weighted by Gasteiger charge is -2.05. The molecule has 0 unspecified atom stereocenters. The van der Waals surface area contributed by atoms with E-state index in [1.807, 2.05) is 0 Å². The number of anilines is 1. The standard InChI is InChI=1S/C23H20ClN5O4S/c1-13-19(20(29-33-13)16-8-3-4-9-17(16)24)22(31)26-23-28-27-18(34-23)10-11-25-21(30)14-6-5-7-15(12-14)32-2/h3-9,12H,10-11H2,1-2H3,(H,25,30)(H,26,28,31). The maximum absolute atomic E-state index is 12.9. The molecule has 2 aromatic carbocycles. The van der Waals surface area contributed by atoms with Gasteiger partial charge in [-0.2, -0.15) is 0 Å². The van der Waals surface area contributed by atoms with Crippen LogP contribution in [0.2, 0.25) is 5.02 Å². The van der Waals surface area contributed by atoms with Crippen molar-refractivity contribution in [3.8, 4) is 17.0 Å². The maximum Gasteiger partial charge on any atom is 0.263 e. The first-order valence-corrected chi connectivity index (χ1v) is 11.4. The minimum atomic E-state index is -0.428. The molecule has 0 aliphatic rings. The van der Waals surface area contributed by atoms with Gasteiger partial charge in [0, 0.05) is 24.1 Å². The van der Waals surface area contributed by atoms with Gasteiger partial charge < -0.3 is 14.6 Å². The summed E-state index contributed by atoms with van der Waals surface area (Å²) in [6.07, 6.45) is 0.459. The first-order chi connectivity index (χ1) is 16.5. The normalized spacial score (nSPS) is 10.7. The molecule has 0 spiro atoms. The molecule has 0 fully saturated rings. The molecule has 2 amide bonds. The number of rotatable bonds is 8. The van der Waals surface area contributed by atoms with Gasteiger partial charge in [0.25, 0.3) is 11.8 Å². The van der Waals surface area contributed by atoms with E-state index in [4.69, 9.17) is 20.9 Å².